The molecule has 1 fully saturated rings. The summed E-state index contributed by atoms with van der Waals surface area (Å²) in [6.07, 6.45) is 1.56. The molecule has 14 heavy (non-hydrogen) atoms. The van der Waals surface area contributed by atoms with Crippen molar-refractivity contribution >= 4 is 29.5 Å². The average molecular weight is 209 g/mol. The Morgan fingerprint density at radius 3 is 3.00 bits per heavy atom. The van der Waals surface area contributed by atoms with E-state index in [0.29, 0.717) is 0 Å². The molecule has 1 saturated heterocycles. The van der Waals surface area contributed by atoms with Gasteiger partial charge in [-0.15, -0.1) is 11.3 Å². The number of rotatable bonds is 2. The number of nitrogens with one attached hydrogen (secondary N) is 1. The summed E-state index contributed by atoms with van der Waals surface area (Å²) in [6, 6.07) is 3.30. The highest BCUT2D eigenvalue weighted by Crippen LogP contribution is 2.06. The maximum atomic E-state index is 11.0. The Kier molecular flexibility index (Phi) is 2.28. The third-order valence-electron chi connectivity index (χ3n) is 1.64. The zero-order valence-electron chi connectivity index (χ0n) is 7.14. The standard InChI is InChI=1S/C8H7N3O2S/c12-7-5-11(8(13)10-7)9-4-6-2-1-3-14-6/h1-4H,5H2,(H,10,12,13)/b9-4+. The second-order valence-corrected chi connectivity index (χ2v) is 3.65. The van der Waals surface area contributed by atoms with E-state index in [1.165, 1.54) is 11.3 Å². The fourth-order valence-corrected chi connectivity index (χ4v) is 1.60. The molecule has 0 spiro atoms. The number of thiophene rings is 1. The molecular weight excluding hydrogens is 202 g/mol. The lowest BCUT2D eigenvalue weighted by molar-refractivity contribution is -0.118. The number of carbonyl (C=O) groups is 2. The van der Waals surface area contributed by atoms with E-state index in [4.69, 9.17) is 0 Å². The molecule has 0 aromatic carbocycles. The molecule has 1 aromatic rings. The van der Waals surface area contributed by atoms with Crippen molar-refractivity contribution in [3.63, 3.8) is 0 Å². The molecule has 0 unspecified atom stereocenters. The zero-order chi connectivity index (χ0) is 9.97. The van der Waals surface area contributed by atoms with Gasteiger partial charge in [0.2, 0.25) is 5.91 Å². The number of nitrogens with zero attached hydrogens (tertiary/aromatic N) is 2. The molecule has 0 saturated carbocycles. The van der Waals surface area contributed by atoms with E-state index in [0.717, 1.165) is 9.89 Å². The van der Waals surface area contributed by atoms with E-state index >= 15 is 0 Å². The Morgan fingerprint density at radius 2 is 2.43 bits per heavy atom. The zero-order valence-corrected chi connectivity index (χ0v) is 7.95. The molecule has 72 valence electrons. The van der Waals surface area contributed by atoms with Gasteiger partial charge in [-0.1, -0.05) is 6.07 Å². The monoisotopic (exact) mass is 209 g/mol. The highest BCUT2D eigenvalue weighted by Gasteiger charge is 2.25. The molecule has 1 aromatic heterocycles. The Balaban J connectivity index is 2.04. The molecule has 5 nitrogen and oxygen atoms in total. The summed E-state index contributed by atoms with van der Waals surface area (Å²) in [5.74, 6) is -0.321. The van der Waals surface area contributed by atoms with Gasteiger partial charge in [0.25, 0.3) is 0 Å². The molecular formula is C8H7N3O2S. The Hall–Kier alpha value is -1.69. The summed E-state index contributed by atoms with van der Waals surface area (Å²) in [4.78, 5) is 22.7. The van der Waals surface area contributed by atoms with Crippen LogP contribution in [0.3, 0.4) is 0 Å². The third-order valence-corrected chi connectivity index (χ3v) is 2.45. The molecule has 0 radical (unpaired) electrons. The predicted octanol–water partition coefficient (Wildman–Crippen LogP) is 0.634. The fourth-order valence-electron chi connectivity index (χ4n) is 1.02. The summed E-state index contributed by atoms with van der Waals surface area (Å²) in [7, 11) is 0. The minimum absolute atomic E-state index is 0.000703. The van der Waals surface area contributed by atoms with Crippen molar-refractivity contribution in [1.29, 1.82) is 0 Å². The van der Waals surface area contributed by atoms with Crippen molar-refractivity contribution in [1.82, 2.24) is 10.3 Å². The first-order chi connectivity index (χ1) is 6.75. The second-order valence-electron chi connectivity index (χ2n) is 2.67. The molecule has 2 rings (SSSR count). The molecule has 1 aliphatic rings. The summed E-state index contributed by atoms with van der Waals surface area (Å²) in [6.45, 7) is 0.000703. The van der Waals surface area contributed by atoms with Crippen molar-refractivity contribution in [3.05, 3.63) is 22.4 Å². The van der Waals surface area contributed by atoms with Gasteiger partial charge >= 0.3 is 6.03 Å². The number of urea groups is 1. The van der Waals surface area contributed by atoms with E-state index in [1.807, 2.05) is 17.5 Å². The third kappa shape index (κ3) is 1.80. The summed E-state index contributed by atoms with van der Waals surface area (Å²) < 4.78 is 0. The Bertz CT molecular complexity index is 385. The van der Waals surface area contributed by atoms with Gasteiger partial charge in [-0.3, -0.25) is 10.1 Å². The van der Waals surface area contributed by atoms with Crippen LogP contribution in [-0.2, 0) is 4.79 Å². The minimum Gasteiger partial charge on any atom is -0.275 e. The van der Waals surface area contributed by atoms with Gasteiger partial charge in [0.15, 0.2) is 0 Å². The topological polar surface area (TPSA) is 61.8 Å². The van der Waals surface area contributed by atoms with Crippen molar-refractivity contribution in [3.8, 4) is 0 Å². The number of imide groups is 1. The lowest BCUT2D eigenvalue weighted by atomic mass is 10.5. The van der Waals surface area contributed by atoms with E-state index in [2.05, 4.69) is 10.4 Å². The number of hydrazone groups is 1. The van der Waals surface area contributed by atoms with Crippen molar-refractivity contribution in [2.75, 3.05) is 6.54 Å². The number of carbonyl (C=O) groups excluding carboxylic acids is 2. The van der Waals surface area contributed by atoms with E-state index in [1.54, 1.807) is 6.21 Å². The van der Waals surface area contributed by atoms with Crippen LogP contribution in [0.1, 0.15) is 4.88 Å². The van der Waals surface area contributed by atoms with Gasteiger partial charge in [0.1, 0.15) is 6.54 Å². The fraction of sp³-hybridized carbons (Fsp3) is 0.125. The van der Waals surface area contributed by atoms with E-state index in [9.17, 15) is 9.59 Å². The highest BCUT2D eigenvalue weighted by atomic mass is 32.1. The van der Waals surface area contributed by atoms with Crippen LogP contribution in [0.25, 0.3) is 0 Å². The summed E-state index contributed by atoms with van der Waals surface area (Å²) in [5.41, 5.74) is 0. The molecule has 6 heteroatoms. The average Bonchev–Trinajstić information content (AvgIpc) is 2.72. The first-order valence-corrected chi connectivity index (χ1v) is 4.82. The normalized spacial score (nSPS) is 16.7. The Labute approximate surface area is 84.0 Å². The van der Waals surface area contributed by atoms with Gasteiger partial charge in [0.05, 0.1) is 6.21 Å². The van der Waals surface area contributed by atoms with Crippen LogP contribution in [0.5, 0.6) is 0 Å². The molecule has 0 bridgehead atoms. The summed E-state index contributed by atoms with van der Waals surface area (Å²) >= 11 is 1.52. The number of amides is 3. The van der Waals surface area contributed by atoms with E-state index < -0.39 is 6.03 Å². The van der Waals surface area contributed by atoms with E-state index in [-0.39, 0.29) is 12.5 Å². The lowest BCUT2D eigenvalue weighted by Crippen LogP contribution is -2.24. The van der Waals surface area contributed by atoms with Gasteiger partial charge in [-0.05, 0) is 11.4 Å². The number of hydrogen-bond acceptors (Lipinski definition) is 4. The molecule has 3 amide bonds. The first-order valence-electron chi connectivity index (χ1n) is 3.94. The van der Waals surface area contributed by atoms with Gasteiger partial charge in [-0.25, -0.2) is 9.80 Å². The second kappa shape index (κ2) is 3.59. The van der Waals surface area contributed by atoms with Crippen LogP contribution in [-0.4, -0.2) is 29.7 Å². The largest absolute Gasteiger partial charge is 0.344 e. The number of hydrogen-bond donors (Lipinski definition) is 1. The van der Waals surface area contributed by atoms with Crippen LogP contribution < -0.4 is 5.32 Å². The molecule has 0 atom stereocenters. The minimum atomic E-state index is -0.470. The first kappa shape index (κ1) is 8.89. The summed E-state index contributed by atoms with van der Waals surface area (Å²) in [5, 5.41) is 9.03. The van der Waals surface area contributed by atoms with Crippen LogP contribution in [0.2, 0.25) is 0 Å². The predicted molar refractivity (Wildman–Crippen MR) is 52.2 cm³/mol. The van der Waals surface area contributed by atoms with Gasteiger partial charge in [0, 0.05) is 4.88 Å². The molecule has 2 heterocycles. The smallest absolute Gasteiger partial charge is 0.275 e. The maximum absolute atomic E-state index is 11.0. The molecule has 1 aliphatic heterocycles. The molecule has 1 N–H and O–H groups in total. The highest BCUT2D eigenvalue weighted by molar-refractivity contribution is 7.11. The van der Waals surface area contributed by atoms with Crippen molar-refractivity contribution < 1.29 is 9.59 Å². The van der Waals surface area contributed by atoms with Crippen LogP contribution in [0.4, 0.5) is 4.79 Å². The SMILES string of the molecule is O=C1CN(/N=C/c2cccs2)C(=O)N1. The van der Waals surface area contributed by atoms with Gasteiger partial charge in [-0.2, -0.15) is 5.10 Å². The van der Waals surface area contributed by atoms with Gasteiger partial charge < -0.3 is 0 Å². The Morgan fingerprint density at radius 1 is 1.57 bits per heavy atom. The van der Waals surface area contributed by atoms with Crippen LogP contribution in [0, 0.1) is 0 Å². The van der Waals surface area contributed by atoms with Crippen molar-refractivity contribution in [2.24, 2.45) is 5.10 Å². The maximum Gasteiger partial charge on any atom is 0.344 e. The quantitative estimate of drug-likeness (QED) is 0.573. The van der Waals surface area contributed by atoms with Crippen molar-refractivity contribution in [2.45, 2.75) is 0 Å². The van der Waals surface area contributed by atoms with Crippen LogP contribution >= 0.6 is 11.3 Å². The molecule has 0 aliphatic carbocycles. The van der Waals surface area contributed by atoms with Crippen LogP contribution in [0.15, 0.2) is 22.6 Å². The lowest BCUT2D eigenvalue weighted by Gasteiger charge is -2.02.